The first-order valence-electron chi connectivity index (χ1n) is 5.50. The van der Waals surface area contributed by atoms with Crippen LogP contribution in [-0.2, 0) is 11.3 Å². The quantitative estimate of drug-likeness (QED) is 0.728. The van der Waals surface area contributed by atoms with E-state index >= 15 is 0 Å². The average molecular weight is 249 g/mol. The molecule has 0 spiro atoms. The molecule has 96 valence electrons. The molecule has 0 bridgehead atoms. The second-order valence-corrected chi connectivity index (χ2v) is 4.39. The second-order valence-electron chi connectivity index (χ2n) is 4.39. The Morgan fingerprint density at radius 2 is 2.17 bits per heavy atom. The van der Waals surface area contributed by atoms with Crippen molar-refractivity contribution < 1.29 is 4.79 Å². The minimum atomic E-state index is -0.280. The number of nitrogens with one attached hydrogen (secondary N) is 3. The fourth-order valence-electron chi connectivity index (χ4n) is 1.73. The highest BCUT2D eigenvalue weighted by Gasteiger charge is 2.09. The maximum Gasteiger partial charge on any atom is 0.261 e. The van der Waals surface area contributed by atoms with E-state index in [0.29, 0.717) is 17.6 Å². The molecule has 0 aliphatic carbocycles. The Labute approximate surface area is 103 Å². The van der Waals surface area contributed by atoms with Crippen LogP contribution in [0.25, 0.3) is 11.0 Å². The summed E-state index contributed by atoms with van der Waals surface area (Å²) in [4.78, 5) is 34.4. The molecule has 0 radical (unpaired) electrons. The van der Waals surface area contributed by atoms with Gasteiger partial charge in [0, 0.05) is 19.2 Å². The molecule has 0 aliphatic rings. The average Bonchev–Trinajstić information content (AvgIpc) is 2.58. The zero-order chi connectivity index (χ0) is 13.3. The number of carbonyl (C=O) groups excluding carboxylic acids is 1. The highest BCUT2D eigenvalue weighted by molar-refractivity contribution is 5.87. The summed E-state index contributed by atoms with van der Waals surface area (Å²) in [7, 11) is 3.87. The van der Waals surface area contributed by atoms with Crippen LogP contribution < -0.4 is 10.9 Å². The van der Waals surface area contributed by atoms with Crippen molar-refractivity contribution in [3.05, 3.63) is 22.1 Å². The highest BCUT2D eigenvalue weighted by Crippen LogP contribution is 2.11. The molecule has 0 unspecified atom stereocenters. The van der Waals surface area contributed by atoms with Crippen LogP contribution in [0.1, 0.15) is 12.6 Å². The Balaban J connectivity index is 2.45. The first kappa shape index (κ1) is 12.3. The van der Waals surface area contributed by atoms with E-state index in [1.807, 2.05) is 19.0 Å². The molecule has 0 aromatic carbocycles. The van der Waals surface area contributed by atoms with Crippen LogP contribution in [0, 0.1) is 0 Å². The molecular formula is C11H15N5O2. The third kappa shape index (κ3) is 2.57. The topological polar surface area (TPSA) is 93.9 Å². The first-order chi connectivity index (χ1) is 8.45. The molecule has 2 rings (SSSR count). The summed E-state index contributed by atoms with van der Waals surface area (Å²) >= 11 is 0. The maximum absolute atomic E-state index is 11.8. The lowest BCUT2D eigenvalue weighted by molar-refractivity contribution is -0.114. The Morgan fingerprint density at radius 3 is 2.78 bits per heavy atom. The summed E-state index contributed by atoms with van der Waals surface area (Å²) in [5.41, 5.74) is 1.09. The molecule has 3 N–H and O–H groups in total. The predicted molar refractivity (Wildman–Crippen MR) is 68.4 cm³/mol. The Bertz CT molecular complexity index is 640. The van der Waals surface area contributed by atoms with E-state index in [-0.39, 0.29) is 17.4 Å². The van der Waals surface area contributed by atoms with Crippen LogP contribution in [-0.4, -0.2) is 39.9 Å². The number of aromatic amines is 2. The van der Waals surface area contributed by atoms with Crippen LogP contribution in [0.5, 0.6) is 0 Å². The number of hydrogen-bond donors (Lipinski definition) is 3. The number of aromatic nitrogens is 3. The number of H-pyrrole nitrogens is 2. The zero-order valence-corrected chi connectivity index (χ0v) is 10.5. The van der Waals surface area contributed by atoms with Crippen LogP contribution in [0.3, 0.4) is 0 Å². The molecule has 2 aromatic rings. The molecular weight excluding hydrogens is 234 g/mol. The van der Waals surface area contributed by atoms with Gasteiger partial charge < -0.3 is 9.88 Å². The van der Waals surface area contributed by atoms with Crippen LogP contribution in [0.4, 0.5) is 5.95 Å². The number of anilines is 1. The number of fused-ring (bicyclic) bond motifs is 1. The lowest BCUT2D eigenvalue weighted by Crippen LogP contribution is -2.15. The Kier molecular flexibility index (Phi) is 3.15. The molecule has 2 aromatic heterocycles. The normalized spacial score (nSPS) is 11.1. The monoisotopic (exact) mass is 249 g/mol. The van der Waals surface area contributed by atoms with Crippen LogP contribution >= 0.6 is 0 Å². The molecule has 18 heavy (non-hydrogen) atoms. The molecule has 0 saturated heterocycles. The van der Waals surface area contributed by atoms with E-state index in [9.17, 15) is 9.59 Å². The van der Waals surface area contributed by atoms with E-state index in [1.54, 1.807) is 6.07 Å². The lowest BCUT2D eigenvalue weighted by atomic mass is 10.3. The minimum absolute atomic E-state index is 0.151. The SMILES string of the molecule is CC(=O)Nc1nc2[nH]c(CN(C)C)cc2c(=O)[nH]1. The molecule has 0 fully saturated rings. The maximum atomic E-state index is 11.8. The molecule has 7 heteroatoms. The van der Waals surface area contributed by atoms with Crippen LogP contribution in [0.15, 0.2) is 10.9 Å². The van der Waals surface area contributed by atoms with Gasteiger partial charge in [0.05, 0.1) is 5.39 Å². The van der Waals surface area contributed by atoms with E-state index in [2.05, 4.69) is 20.3 Å². The van der Waals surface area contributed by atoms with Crippen LogP contribution in [0.2, 0.25) is 0 Å². The van der Waals surface area contributed by atoms with Crippen molar-refractivity contribution in [2.75, 3.05) is 19.4 Å². The fraction of sp³-hybridized carbons (Fsp3) is 0.364. The molecule has 0 atom stereocenters. The molecule has 2 heterocycles. The van der Waals surface area contributed by atoms with E-state index < -0.39 is 0 Å². The van der Waals surface area contributed by atoms with E-state index in [4.69, 9.17) is 0 Å². The summed E-state index contributed by atoms with van der Waals surface area (Å²) in [6, 6.07) is 1.76. The van der Waals surface area contributed by atoms with Gasteiger partial charge in [0.25, 0.3) is 5.56 Å². The van der Waals surface area contributed by atoms with Gasteiger partial charge in [0.2, 0.25) is 11.9 Å². The minimum Gasteiger partial charge on any atom is -0.342 e. The molecule has 0 saturated carbocycles. The zero-order valence-electron chi connectivity index (χ0n) is 10.5. The number of amides is 1. The predicted octanol–water partition coefficient (Wildman–Crippen LogP) is 0.271. The van der Waals surface area contributed by atoms with Crippen molar-refractivity contribution in [1.29, 1.82) is 0 Å². The summed E-state index contributed by atoms with van der Waals surface area (Å²) in [5.74, 6) is -0.129. The van der Waals surface area contributed by atoms with Gasteiger partial charge in [-0.2, -0.15) is 4.98 Å². The Morgan fingerprint density at radius 1 is 1.44 bits per heavy atom. The summed E-state index contributed by atoms with van der Waals surface area (Å²) in [5, 5.41) is 2.94. The van der Waals surface area contributed by atoms with Crippen molar-refractivity contribution in [2.24, 2.45) is 0 Å². The standard InChI is InChI=1S/C11H15N5O2/c1-6(17)12-11-14-9-8(10(18)15-11)4-7(13-9)5-16(2)3/h4H,5H2,1-3H3,(H3,12,13,14,15,17,18). The number of rotatable bonds is 3. The summed E-state index contributed by atoms with van der Waals surface area (Å²) < 4.78 is 0. The third-order valence-electron chi connectivity index (χ3n) is 2.33. The summed E-state index contributed by atoms with van der Waals surface area (Å²) in [6.45, 7) is 2.04. The van der Waals surface area contributed by atoms with Crippen molar-refractivity contribution in [3.8, 4) is 0 Å². The van der Waals surface area contributed by atoms with E-state index in [0.717, 1.165) is 5.69 Å². The Hall–Kier alpha value is -2.15. The van der Waals surface area contributed by atoms with Gasteiger partial charge in [-0.3, -0.25) is 19.9 Å². The summed E-state index contributed by atoms with van der Waals surface area (Å²) in [6.07, 6.45) is 0. The fourth-order valence-corrected chi connectivity index (χ4v) is 1.73. The third-order valence-corrected chi connectivity index (χ3v) is 2.33. The van der Waals surface area contributed by atoms with Crippen molar-refractivity contribution in [3.63, 3.8) is 0 Å². The number of hydrogen-bond acceptors (Lipinski definition) is 4. The lowest BCUT2D eigenvalue weighted by Gasteiger charge is -2.06. The highest BCUT2D eigenvalue weighted by atomic mass is 16.1. The van der Waals surface area contributed by atoms with Gasteiger partial charge in [-0.15, -0.1) is 0 Å². The van der Waals surface area contributed by atoms with Gasteiger partial charge in [0.15, 0.2) is 0 Å². The van der Waals surface area contributed by atoms with Crippen molar-refractivity contribution in [1.82, 2.24) is 19.9 Å². The van der Waals surface area contributed by atoms with Gasteiger partial charge in [-0.05, 0) is 20.2 Å². The first-order valence-corrected chi connectivity index (χ1v) is 5.50. The molecule has 0 aliphatic heterocycles. The van der Waals surface area contributed by atoms with E-state index in [1.165, 1.54) is 6.92 Å². The second kappa shape index (κ2) is 4.61. The number of carbonyl (C=O) groups is 1. The number of nitrogens with zero attached hydrogens (tertiary/aromatic N) is 2. The molecule has 7 nitrogen and oxygen atoms in total. The van der Waals surface area contributed by atoms with Gasteiger partial charge >= 0.3 is 0 Å². The van der Waals surface area contributed by atoms with Gasteiger partial charge in [-0.1, -0.05) is 0 Å². The smallest absolute Gasteiger partial charge is 0.261 e. The van der Waals surface area contributed by atoms with Gasteiger partial charge in [0.1, 0.15) is 5.65 Å². The largest absolute Gasteiger partial charge is 0.342 e. The van der Waals surface area contributed by atoms with Gasteiger partial charge in [-0.25, -0.2) is 0 Å². The molecule has 1 amide bonds. The van der Waals surface area contributed by atoms with Crippen molar-refractivity contribution in [2.45, 2.75) is 13.5 Å². The van der Waals surface area contributed by atoms with Crippen molar-refractivity contribution >= 4 is 22.9 Å².